The second-order valence-electron chi connectivity index (χ2n) is 5.46. The van der Waals surface area contributed by atoms with Crippen LogP contribution in [0.3, 0.4) is 0 Å². The molecule has 0 aliphatic carbocycles. The third-order valence-corrected chi connectivity index (χ3v) is 3.36. The lowest BCUT2D eigenvalue weighted by molar-refractivity contribution is -0.127. The van der Waals surface area contributed by atoms with Crippen molar-refractivity contribution in [3.8, 4) is 0 Å². The Hall–Kier alpha value is -1.06. The van der Waals surface area contributed by atoms with Crippen LogP contribution in [-0.4, -0.2) is 25.0 Å². The fourth-order valence-corrected chi connectivity index (χ4v) is 2.43. The van der Waals surface area contributed by atoms with Crippen LogP contribution in [0.5, 0.6) is 0 Å². The van der Waals surface area contributed by atoms with Gasteiger partial charge in [-0.3, -0.25) is 4.79 Å². The van der Waals surface area contributed by atoms with E-state index in [1.54, 1.807) is 0 Å². The van der Waals surface area contributed by atoms with Crippen molar-refractivity contribution in [3.63, 3.8) is 0 Å². The maximum Gasteiger partial charge on any atom is 0.225 e. The topological polar surface area (TPSA) is 41.1 Å². The zero-order valence-electron chi connectivity index (χ0n) is 11.8. The Labute approximate surface area is 121 Å². The van der Waals surface area contributed by atoms with Crippen LogP contribution in [0, 0.1) is 19.8 Å². The first-order valence-electron chi connectivity index (χ1n) is 6.63. The highest BCUT2D eigenvalue weighted by Gasteiger charge is 2.25. The van der Waals surface area contributed by atoms with E-state index in [-0.39, 0.29) is 30.3 Å². The van der Waals surface area contributed by atoms with E-state index in [2.05, 4.69) is 49.6 Å². The monoisotopic (exact) mass is 282 g/mol. The van der Waals surface area contributed by atoms with E-state index in [1.807, 2.05) is 0 Å². The van der Waals surface area contributed by atoms with Crippen LogP contribution in [0.1, 0.15) is 23.6 Å². The molecule has 1 atom stereocenters. The first-order chi connectivity index (χ1) is 8.54. The fourth-order valence-electron chi connectivity index (χ4n) is 2.43. The highest BCUT2D eigenvalue weighted by Crippen LogP contribution is 2.11. The number of rotatable bonds is 4. The van der Waals surface area contributed by atoms with Crippen molar-refractivity contribution >= 4 is 18.3 Å². The molecule has 4 heteroatoms. The zero-order valence-corrected chi connectivity index (χ0v) is 12.6. The van der Waals surface area contributed by atoms with Gasteiger partial charge < -0.3 is 10.6 Å². The summed E-state index contributed by atoms with van der Waals surface area (Å²) in [5.41, 5.74) is 3.87. The SMILES string of the molecule is Cc1cc(C)cc(CC(C)NC(=O)C2CNC2)c1.Cl. The number of nitrogens with one attached hydrogen (secondary N) is 2. The van der Waals surface area contributed by atoms with Crippen molar-refractivity contribution in [2.75, 3.05) is 13.1 Å². The highest BCUT2D eigenvalue weighted by atomic mass is 35.5. The van der Waals surface area contributed by atoms with Gasteiger partial charge in [0.05, 0.1) is 5.92 Å². The molecule has 1 amide bonds. The number of hydrogen-bond acceptors (Lipinski definition) is 2. The van der Waals surface area contributed by atoms with Gasteiger partial charge in [-0.1, -0.05) is 29.3 Å². The van der Waals surface area contributed by atoms with Crippen LogP contribution in [0.15, 0.2) is 18.2 Å². The zero-order chi connectivity index (χ0) is 13.1. The molecule has 2 N–H and O–H groups in total. The number of benzene rings is 1. The van der Waals surface area contributed by atoms with E-state index in [1.165, 1.54) is 16.7 Å². The van der Waals surface area contributed by atoms with Gasteiger partial charge in [0, 0.05) is 19.1 Å². The lowest BCUT2D eigenvalue weighted by Gasteiger charge is -2.27. The predicted molar refractivity (Wildman–Crippen MR) is 80.8 cm³/mol. The summed E-state index contributed by atoms with van der Waals surface area (Å²) < 4.78 is 0. The quantitative estimate of drug-likeness (QED) is 0.887. The van der Waals surface area contributed by atoms with E-state index in [0.717, 1.165) is 19.5 Å². The Kier molecular flexibility index (Phi) is 5.83. The molecule has 0 bridgehead atoms. The van der Waals surface area contributed by atoms with Gasteiger partial charge in [0.2, 0.25) is 5.91 Å². The van der Waals surface area contributed by atoms with Crippen LogP contribution >= 0.6 is 12.4 Å². The minimum atomic E-state index is 0. The Bertz CT molecular complexity index is 424. The molecule has 3 nitrogen and oxygen atoms in total. The lowest BCUT2D eigenvalue weighted by Crippen LogP contribution is -2.52. The molecular formula is C15H23ClN2O. The standard InChI is InChI=1S/C15H22N2O.ClH/c1-10-4-11(2)6-13(5-10)7-12(3)17-15(18)14-8-16-9-14;/h4-6,12,14,16H,7-9H2,1-3H3,(H,17,18);1H. The molecule has 0 saturated carbocycles. The number of hydrogen-bond donors (Lipinski definition) is 2. The molecular weight excluding hydrogens is 260 g/mol. The molecule has 0 aromatic heterocycles. The van der Waals surface area contributed by atoms with E-state index < -0.39 is 0 Å². The van der Waals surface area contributed by atoms with Crippen LogP contribution in [0.4, 0.5) is 0 Å². The number of carbonyl (C=O) groups excluding carboxylic acids is 1. The van der Waals surface area contributed by atoms with Crippen LogP contribution in [0.25, 0.3) is 0 Å². The first-order valence-corrected chi connectivity index (χ1v) is 6.63. The number of aryl methyl sites for hydroxylation is 2. The molecule has 1 saturated heterocycles. The summed E-state index contributed by atoms with van der Waals surface area (Å²) in [6.45, 7) is 7.94. The molecule has 106 valence electrons. The third kappa shape index (κ3) is 4.51. The van der Waals surface area contributed by atoms with Crippen LogP contribution in [0.2, 0.25) is 0 Å². The average molecular weight is 283 g/mol. The molecule has 1 fully saturated rings. The normalized spacial score (nSPS) is 16.2. The minimum absolute atomic E-state index is 0. The van der Waals surface area contributed by atoms with Gasteiger partial charge in [0.15, 0.2) is 0 Å². The Morgan fingerprint density at radius 3 is 2.37 bits per heavy atom. The maximum absolute atomic E-state index is 11.8. The molecule has 1 aliphatic heterocycles. The van der Waals surface area contributed by atoms with E-state index >= 15 is 0 Å². The van der Waals surface area contributed by atoms with Crippen molar-refractivity contribution in [1.29, 1.82) is 0 Å². The molecule has 1 aliphatic rings. The van der Waals surface area contributed by atoms with Gasteiger partial charge >= 0.3 is 0 Å². The van der Waals surface area contributed by atoms with E-state index in [4.69, 9.17) is 0 Å². The largest absolute Gasteiger partial charge is 0.353 e. The van der Waals surface area contributed by atoms with Crippen LogP contribution < -0.4 is 10.6 Å². The lowest BCUT2D eigenvalue weighted by atomic mass is 9.99. The fraction of sp³-hybridized carbons (Fsp3) is 0.533. The van der Waals surface area contributed by atoms with Gasteiger partial charge in [-0.05, 0) is 32.8 Å². The second kappa shape index (κ2) is 6.92. The summed E-state index contributed by atoms with van der Waals surface area (Å²) in [6, 6.07) is 6.76. The molecule has 1 aromatic carbocycles. The molecule has 0 radical (unpaired) electrons. The smallest absolute Gasteiger partial charge is 0.225 e. The number of carbonyl (C=O) groups is 1. The first kappa shape index (κ1) is 16.0. The van der Waals surface area contributed by atoms with Crippen molar-refractivity contribution < 1.29 is 4.79 Å². The molecule has 1 heterocycles. The Morgan fingerprint density at radius 1 is 1.32 bits per heavy atom. The van der Waals surface area contributed by atoms with E-state index in [9.17, 15) is 4.79 Å². The summed E-state index contributed by atoms with van der Waals surface area (Å²) in [5, 5.41) is 6.21. The summed E-state index contributed by atoms with van der Waals surface area (Å²) in [7, 11) is 0. The second-order valence-corrected chi connectivity index (χ2v) is 5.46. The summed E-state index contributed by atoms with van der Waals surface area (Å²) in [5.74, 6) is 0.359. The Balaban J connectivity index is 0.00000180. The van der Waals surface area contributed by atoms with Gasteiger partial charge in [0.1, 0.15) is 0 Å². The number of amides is 1. The highest BCUT2D eigenvalue weighted by molar-refractivity contribution is 5.85. The van der Waals surface area contributed by atoms with Gasteiger partial charge in [-0.25, -0.2) is 0 Å². The summed E-state index contributed by atoms with van der Waals surface area (Å²) in [4.78, 5) is 11.8. The maximum atomic E-state index is 11.8. The average Bonchev–Trinajstić information content (AvgIpc) is 2.11. The summed E-state index contributed by atoms with van der Waals surface area (Å²) in [6.07, 6.45) is 0.897. The third-order valence-electron chi connectivity index (χ3n) is 3.36. The number of halogens is 1. The van der Waals surface area contributed by atoms with Crippen molar-refractivity contribution in [2.24, 2.45) is 5.92 Å². The minimum Gasteiger partial charge on any atom is -0.353 e. The molecule has 19 heavy (non-hydrogen) atoms. The predicted octanol–water partition coefficient (Wildman–Crippen LogP) is 1.99. The van der Waals surface area contributed by atoms with Crippen molar-refractivity contribution in [1.82, 2.24) is 10.6 Å². The van der Waals surface area contributed by atoms with Crippen molar-refractivity contribution in [2.45, 2.75) is 33.2 Å². The molecule has 1 aromatic rings. The molecule has 1 unspecified atom stereocenters. The van der Waals surface area contributed by atoms with Gasteiger partial charge in [-0.2, -0.15) is 0 Å². The Morgan fingerprint density at radius 2 is 1.89 bits per heavy atom. The summed E-state index contributed by atoms with van der Waals surface area (Å²) >= 11 is 0. The van der Waals surface area contributed by atoms with Crippen LogP contribution in [-0.2, 0) is 11.2 Å². The molecule has 2 rings (SSSR count). The molecule has 0 spiro atoms. The van der Waals surface area contributed by atoms with Gasteiger partial charge in [0.25, 0.3) is 0 Å². The van der Waals surface area contributed by atoms with Gasteiger partial charge in [-0.15, -0.1) is 12.4 Å². The van der Waals surface area contributed by atoms with E-state index in [0.29, 0.717) is 0 Å². The van der Waals surface area contributed by atoms with Crippen molar-refractivity contribution in [3.05, 3.63) is 34.9 Å².